The Hall–Kier alpha value is -7.96. The Labute approximate surface area is 467 Å². The highest BCUT2D eigenvalue weighted by Crippen LogP contribution is 2.31. The van der Waals surface area contributed by atoms with Crippen molar-refractivity contribution in [1.82, 2.24) is 40.0 Å². The SMILES string of the molecule is CCS(=O)(=O)Cc1ccc2[nH]cc(CCCN3CCN(c4ncncc4OC)CC3)c2c1.CN[C@@H]1CCc2[nH]c3ccc(C(N)=O)cc3c2C1.N#Cc1ccc(N2CCN(C(=O)COc3ccc4[nH]cc(CCN)c4c3)CC2)cc1. The first kappa shape index (κ1) is 56.7. The van der Waals surface area contributed by atoms with Gasteiger partial charge in [0.1, 0.15) is 12.1 Å². The molecule has 2 saturated heterocycles. The smallest absolute Gasteiger partial charge is 0.260 e. The third-order valence-corrected chi connectivity index (χ3v) is 17.2. The molecule has 11 rings (SSSR count). The lowest BCUT2D eigenvalue weighted by Gasteiger charge is -2.36. The van der Waals surface area contributed by atoms with Crippen molar-refractivity contribution >= 4 is 65.9 Å². The van der Waals surface area contributed by atoms with Gasteiger partial charge in [0.15, 0.2) is 28.0 Å². The molecule has 20 heteroatoms. The fourth-order valence-corrected chi connectivity index (χ4v) is 11.8. The molecule has 2 aliphatic heterocycles. The number of aryl methyl sites for hydroxylation is 2. The number of hydrogen-bond donors (Lipinski definition) is 6. The van der Waals surface area contributed by atoms with Crippen molar-refractivity contribution in [3.8, 4) is 17.6 Å². The number of nitriles is 1. The number of carbonyl (C=O) groups is 2. The van der Waals surface area contributed by atoms with E-state index in [4.69, 9.17) is 26.2 Å². The van der Waals surface area contributed by atoms with Crippen LogP contribution < -0.4 is 36.1 Å². The molecule has 8 aromatic rings. The lowest BCUT2D eigenvalue weighted by molar-refractivity contribution is -0.133. The van der Waals surface area contributed by atoms with E-state index in [-0.39, 0.29) is 29.9 Å². The summed E-state index contributed by atoms with van der Waals surface area (Å²) >= 11 is 0. The highest BCUT2D eigenvalue weighted by molar-refractivity contribution is 7.90. The summed E-state index contributed by atoms with van der Waals surface area (Å²) in [5.41, 5.74) is 22.4. The number of hydrogen-bond acceptors (Lipinski definition) is 14. The zero-order valence-corrected chi connectivity index (χ0v) is 46.8. The number of sulfone groups is 1. The fraction of sp³-hybridized carbons (Fsp3) is 0.383. The van der Waals surface area contributed by atoms with E-state index >= 15 is 0 Å². The molecule has 6 heterocycles. The molecule has 4 aromatic heterocycles. The van der Waals surface area contributed by atoms with Crippen LogP contribution >= 0.6 is 0 Å². The molecular weight excluding hydrogens is 1030 g/mol. The molecule has 1 atom stereocenters. The van der Waals surface area contributed by atoms with Crippen LogP contribution in [0.5, 0.6) is 11.5 Å². The van der Waals surface area contributed by atoms with Crippen LogP contribution in [0, 0.1) is 11.3 Å². The van der Waals surface area contributed by atoms with Crippen LogP contribution in [0.1, 0.15) is 63.6 Å². The minimum Gasteiger partial charge on any atom is -0.491 e. The number of anilines is 2. The van der Waals surface area contributed by atoms with Crippen molar-refractivity contribution in [3.05, 3.63) is 143 Å². The Kier molecular flexibility index (Phi) is 18.7. The third kappa shape index (κ3) is 13.9. The summed E-state index contributed by atoms with van der Waals surface area (Å²) in [5, 5.41) is 15.6. The van der Waals surface area contributed by atoms with Gasteiger partial charge in [0.2, 0.25) is 5.91 Å². The van der Waals surface area contributed by atoms with E-state index in [1.54, 1.807) is 32.6 Å². The minimum absolute atomic E-state index is 0.00849. The summed E-state index contributed by atoms with van der Waals surface area (Å²) in [6.45, 7) is 9.96. The number of ether oxygens (including phenoxy) is 2. The second-order valence-corrected chi connectivity index (χ2v) is 22.9. The standard InChI is InChI=1S/C23H31N5O3S.C23H25N5O2.C14H17N3O/c1-3-32(29,30)16-18-6-7-21-20(13-18)19(14-25-21)5-4-8-27-9-11-28(12-10-27)23-22(31-2)15-24-17-26-23;24-8-7-18-15-26-22-6-5-20(13-21(18)22)30-16-23(29)28-11-9-27(10-12-28)19-3-1-17(14-25)2-4-19;1-16-9-3-5-13-11(7-9)10-6-8(14(15)18)2-4-12(10)17-13/h6-7,13-15,17,25H,3-5,8-12,16H2,1-2H3;1-6,13,15,26H,7-12,16,24H2;2,4,6,9,16-17H,3,5,7H2,1H3,(H2,15,18)/t;;9-/m..1/s1. The Morgan fingerprint density at radius 1 is 0.850 bits per heavy atom. The average Bonchev–Trinajstić information content (AvgIpc) is 4.22. The molecule has 0 unspecified atom stereocenters. The second kappa shape index (κ2) is 26.3. The molecule has 0 bridgehead atoms. The van der Waals surface area contributed by atoms with Crippen molar-refractivity contribution < 1.29 is 27.5 Å². The number of methoxy groups -OCH3 is 1. The fourth-order valence-electron chi connectivity index (χ4n) is 10.9. The van der Waals surface area contributed by atoms with E-state index in [9.17, 15) is 18.0 Å². The summed E-state index contributed by atoms with van der Waals surface area (Å²) in [7, 11) is 0.613. The number of aromatic nitrogens is 5. The first-order valence-corrected chi connectivity index (χ1v) is 29.3. The molecule has 8 N–H and O–H groups in total. The van der Waals surface area contributed by atoms with Gasteiger partial charge in [-0.3, -0.25) is 14.5 Å². The van der Waals surface area contributed by atoms with E-state index in [2.05, 4.69) is 57.2 Å². The van der Waals surface area contributed by atoms with Crippen LogP contribution in [0.25, 0.3) is 32.7 Å². The average molecular weight is 1100 g/mol. The van der Waals surface area contributed by atoms with Gasteiger partial charge >= 0.3 is 0 Å². The number of nitrogens with zero attached hydrogens (tertiary/aromatic N) is 7. The number of aromatic amines is 3. The summed E-state index contributed by atoms with van der Waals surface area (Å²) in [6, 6.07) is 27.6. The van der Waals surface area contributed by atoms with Gasteiger partial charge in [-0.1, -0.05) is 13.0 Å². The van der Waals surface area contributed by atoms with E-state index in [0.717, 1.165) is 140 Å². The van der Waals surface area contributed by atoms with Crippen LogP contribution in [0.2, 0.25) is 0 Å². The Morgan fingerprint density at radius 2 is 1.55 bits per heavy atom. The molecule has 0 radical (unpaired) electrons. The number of H-pyrrole nitrogens is 3. The number of nitrogens with two attached hydrogens (primary N) is 2. The molecule has 3 aliphatic rings. The largest absolute Gasteiger partial charge is 0.491 e. The number of rotatable bonds is 17. The van der Waals surface area contributed by atoms with Gasteiger partial charge < -0.3 is 55.9 Å². The quantitative estimate of drug-likeness (QED) is 0.0588. The first-order valence-electron chi connectivity index (χ1n) is 27.5. The van der Waals surface area contributed by atoms with Gasteiger partial charge in [-0.15, -0.1) is 0 Å². The number of nitrogens with one attached hydrogen (secondary N) is 4. The maximum absolute atomic E-state index is 12.6. The molecule has 80 heavy (non-hydrogen) atoms. The Morgan fingerprint density at radius 3 is 2.24 bits per heavy atom. The number of amides is 2. The highest BCUT2D eigenvalue weighted by Gasteiger charge is 2.25. The Balaban J connectivity index is 0.000000151. The topological polar surface area (TPSA) is 261 Å². The van der Waals surface area contributed by atoms with Gasteiger partial charge in [0.25, 0.3) is 5.91 Å². The van der Waals surface area contributed by atoms with E-state index in [0.29, 0.717) is 48.3 Å². The zero-order chi connectivity index (χ0) is 56.2. The van der Waals surface area contributed by atoms with Gasteiger partial charge in [0.05, 0.1) is 30.7 Å². The molecule has 420 valence electrons. The zero-order valence-electron chi connectivity index (χ0n) is 46.0. The highest BCUT2D eigenvalue weighted by atomic mass is 32.2. The molecule has 0 spiro atoms. The molecule has 1 aliphatic carbocycles. The lowest BCUT2D eigenvalue weighted by atomic mass is 9.91. The van der Waals surface area contributed by atoms with Gasteiger partial charge in [-0.2, -0.15) is 5.26 Å². The normalized spacial score (nSPS) is 15.6. The molecule has 19 nitrogen and oxygen atoms in total. The Bertz CT molecular complexity index is 3550. The van der Waals surface area contributed by atoms with Crippen LogP contribution in [0.4, 0.5) is 11.5 Å². The number of fused-ring (bicyclic) bond motifs is 5. The van der Waals surface area contributed by atoms with E-state index in [1.165, 1.54) is 16.8 Å². The second-order valence-electron chi connectivity index (χ2n) is 20.5. The molecule has 4 aromatic carbocycles. The minimum atomic E-state index is -3.03. The van der Waals surface area contributed by atoms with Crippen LogP contribution in [-0.2, 0) is 46.1 Å². The predicted molar refractivity (Wildman–Crippen MR) is 315 cm³/mol. The predicted octanol–water partition coefficient (Wildman–Crippen LogP) is 6.27. The third-order valence-electron chi connectivity index (χ3n) is 15.5. The molecular formula is C60H73N13O6S. The van der Waals surface area contributed by atoms with Crippen molar-refractivity contribution in [1.29, 1.82) is 5.26 Å². The molecule has 2 amide bonds. The molecule has 0 saturated carbocycles. The number of piperazine rings is 2. The van der Waals surface area contributed by atoms with Crippen LogP contribution in [0.15, 0.2) is 104 Å². The number of primary amides is 1. The lowest BCUT2D eigenvalue weighted by Crippen LogP contribution is -2.50. The van der Waals surface area contributed by atoms with Gasteiger partial charge in [-0.05, 0) is 154 Å². The van der Waals surface area contributed by atoms with Crippen LogP contribution in [-0.4, -0.2) is 153 Å². The monoisotopic (exact) mass is 1100 g/mol. The summed E-state index contributed by atoms with van der Waals surface area (Å²) in [5.74, 6) is 2.16. The van der Waals surface area contributed by atoms with E-state index < -0.39 is 9.84 Å². The molecule has 2 fully saturated rings. The maximum Gasteiger partial charge on any atom is 0.260 e. The van der Waals surface area contributed by atoms with Crippen molar-refractivity contribution in [2.45, 2.75) is 57.2 Å². The maximum atomic E-state index is 12.6. The first-order chi connectivity index (χ1) is 38.8. The summed E-state index contributed by atoms with van der Waals surface area (Å²) in [4.78, 5) is 51.1. The van der Waals surface area contributed by atoms with E-state index in [1.807, 2.05) is 90.9 Å². The van der Waals surface area contributed by atoms with Crippen LogP contribution in [0.3, 0.4) is 0 Å². The van der Waals surface area contributed by atoms with Gasteiger partial charge in [0, 0.05) is 126 Å². The van der Waals surface area contributed by atoms with Crippen molar-refractivity contribution in [2.75, 3.05) is 102 Å². The van der Waals surface area contributed by atoms with Gasteiger partial charge in [-0.25, -0.2) is 18.4 Å². The summed E-state index contributed by atoms with van der Waals surface area (Å²) in [6.07, 6.45) is 13.3. The number of carbonyl (C=O) groups excluding carboxylic acids is 2. The summed E-state index contributed by atoms with van der Waals surface area (Å²) < 4.78 is 35.2. The van der Waals surface area contributed by atoms with Crippen molar-refractivity contribution in [2.24, 2.45) is 11.5 Å². The number of benzene rings is 4. The number of likely N-dealkylation sites (N-methyl/N-ethyl adjacent to an activating group) is 1. The van der Waals surface area contributed by atoms with Crippen molar-refractivity contribution in [3.63, 3.8) is 0 Å².